The predicted octanol–water partition coefficient (Wildman–Crippen LogP) is 1.44. The Balaban J connectivity index is 2.21. The van der Waals surface area contributed by atoms with Crippen molar-refractivity contribution in [2.24, 2.45) is 0 Å². The summed E-state index contributed by atoms with van der Waals surface area (Å²) in [5, 5.41) is 10.2. The SMILES string of the molecule is CCOc1cc(C=O)cc(CN2CCOCC2)c1O. The molecule has 1 aromatic carbocycles. The van der Waals surface area contributed by atoms with Crippen LogP contribution in [-0.4, -0.2) is 49.2 Å². The fraction of sp³-hybridized carbons (Fsp3) is 0.500. The lowest BCUT2D eigenvalue weighted by Crippen LogP contribution is -2.35. The van der Waals surface area contributed by atoms with Crippen molar-refractivity contribution < 1.29 is 19.4 Å². The quantitative estimate of drug-likeness (QED) is 0.816. The maximum Gasteiger partial charge on any atom is 0.162 e. The Morgan fingerprint density at radius 2 is 2.16 bits per heavy atom. The van der Waals surface area contributed by atoms with E-state index in [9.17, 15) is 9.90 Å². The Hall–Kier alpha value is -1.59. The van der Waals surface area contributed by atoms with Gasteiger partial charge in [0.1, 0.15) is 6.29 Å². The number of carbonyl (C=O) groups is 1. The van der Waals surface area contributed by atoms with E-state index in [2.05, 4.69) is 4.90 Å². The number of morpholine rings is 1. The van der Waals surface area contributed by atoms with Crippen LogP contribution in [0.2, 0.25) is 0 Å². The van der Waals surface area contributed by atoms with E-state index in [4.69, 9.17) is 9.47 Å². The maximum absolute atomic E-state index is 10.9. The van der Waals surface area contributed by atoms with Gasteiger partial charge in [-0.25, -0.2) is 0 Å². The summed E-state index contributed by atoms with van der Waals surface area (Å²) in [6.45, 7) is 5.95. The molecule has 5 nitrogen and oxygen atoms in total. The lowest BCUT2D eigenvalue weighted by Gasteiger charge is -2.27. The van der Waals surface area contributed by atoms with Crippen molar-refractivity contribution in [2.75, 3.05) is 32.9 Å². The highest BCUT2D eigenvalue weighted by atomic mass is 16.5. The van der Waals surface area contributed by atoms with Crippen molar-refractivity contribution in [1.29, 1.82) is 0 Å². The zero-order valence-electron chi connectivity index (χ0n) is 11.1. The molecular weight excluding hydrogens is 246 g/mol. The second-order valence-electron chi connectivity index (χ2n) is 4.47. The van der Waals surface area contributed by atoms with Crippen molar-refractivity contribution >= 4 is 6.29 Å². The minimum Gasteiger partial charge on any atom is -0.504 e. The summed E-state index contributed by atoms with van der Waals surface area (Å²) in [5.74, 6) is 0.495. The molecule has 0 amide bonds. The molecule has 0 saturated carbocycles. The Bertz CT molecular complexity index is 441. The van der Waals surface area contributed by atoms with Crippen LogP contribution in [0.5, 0.6) is 11.5 Å². The van der Waals surface area contributed by atoms with Crippen molar-refractivity contribution in [2.45, 2.75) is 13.5 Å². The van der Waals surface area contributed by atoms with Gasteiger partial charge in [-0.3, -0.25) is 9.69 Å². The fourth-order valence-corrected chi connectivity index (χ4v) is 2.14. The monoisotopic (exact) mass is 265 g/mol. The van der Waals surface area contributed by atoms with Crippen LogP contribution in [0, 0.1) is 0 Å². The number of phenolic OH excluding ortho intramolecular Hbond substituents is 1. The van der Waals surface area contributed by atoms with E-state index < -0.39 is 0 Å². The highest BCUT2D eigenvalue weighted by Gasteiger charge is 2.16. The third kappa shape index (κ3) is 3.45. The molecule has 1 fully saturated rings. The average molecular weight is 265 g/mol. The Morgan fingerprint density at radius 3 is 2.79 bits per heavy atom. The summed E-state index contributed by atoms with van der Waals surface area (Å²) < 4.78 is 10.6. The summed E-state index contributed by atoms with van der Waals surface area (Å²) in [5.41, 5.74) is 1.24. The summed E-state index contributed by atoms with van der Waals surface area (Å²) in [7, 11) is 0. The maximum atomic E-state index is 10.9. The van der Waals surface area contributed by atoms with Crippen LogP contribution >= 0.6 is 0 Å². The zero-order valence-corrected chi connectivity index (χ0v) is 11.1. The second kappa shape index (κ2) is 6.54. The van der Waals surface area contributed by atoms with Gasteiger partial charge >= 0.3 is 0 Å². The van der Waals surface area contributed by atoms with Gasteiger partial charge in [0.25, 0.3) is 0 Å². The van der Waals surface area contributed by atoms with Crippen LogP contribution in [0.15, 0.2) is 12.1 Å². The number of aldehydes is 1. The van der Waals surface area contributed by atoms with Gasteiger partial charge < -0.3 is 14.6 Å². The highest BCUT2D eigenvalue weighted by Crippen LogP contribution is 2.32. The zero-order chi connectivity index (χ0) is 13.7. The van der Waals surface area contributed by atoms with Crippen molar-refractivity contribution in [3.05, 3.63) is 23.3 Å². The van der Waals surface area contributed by atoms with Gasteiger partial charge in [-0.2, -0.15) is 0 Å². The van der Waals surface area contributed by atoms with Gasteiger partial charge in [-0.1, -0.05) is 0 Å². The molecule has 19 heavy (non-hydrogen) atoms. The molecule has 1 heterocycles. The van der Waals surface area contributed by atoms with Crippen molar-refractivity contribution in [3.8, 4) is 11.5 Å². The van der Waals surface area contributed by atoms with Crippen molar-refractivity contribution in [3.63, 3.8) is 0 Å². The predicted molar refractivity (Wildman–Crippen MR) is 70.8 cm³/mol. The van der Waals surface area contributed by atoms with E-state index in [-0.39, 0.29) is 5.75 Å². The molecule has 2 rings (SSSR count). The van der Waals surface area contributed by atoms with Crippen LogP contribution in [0.4, 0.5) is 0 Å². The first-order valence-corrected chi connectivity index (χ1v) is 6.48. The topological polar surface area (TPSA) is 59.0 Å². The average Bonchev–Trinajstić information content (AvgIpc) is 2.44. The van der Waals surface area contributed by atoms with E-state index in [1.165, 1.54) is 0 Å². The molecule has 5 heteroatoms. The Morgan fingerprint density at radius 1 is 1.42 bits per heavy atom. The number of nitrogens with zero attached hydrogens (tertiary/aromatic N) is 1. The molecule has 0 atom stereocenters. The number of phenols is 1. The molecule has 104 valence electrons. The first-order chi connectivity index (χ1) is 9.24. The Labute approximate surface area is 112 Å². The lowest BCUT2D eigenvalue weighted by molar-refractivity contribution is 0.0338. The van der Waals surface area contributed by atoms with Crippen LogP contribution in [0.25, 0.3) is 0 Å². The van der Waals surface area contributed by atoms with Gasteiger partial charge in [0.2, 0.25) is 0 Å². The van der Waals surface area contributed by atoms with Crippen LogP contribution in [-0.2, 0) is 11.3 Å². The van der Waals surface area contributed by atoms with Crippen LogP contribution in [0.1, 0.15) is 22.8 Å². The van der Waals surface area contributed by atoms with Gasteiger partial charge in [0.05, 0.1) is 19.8 Å². The van der Waals surface area contributed by atoms with Gasteiger partial charge in [-0.15, -0.1) is 0 Å². The first kappa shape index (κ1) is 13.8. The molecule has 0 aliphatic carbocycles. The van der Waals surface area contributed by atoms with E-state index in [1.807, 2.05) is 6.92 Å². The first-order valence-electron chi connectivity index (χ1n) is 6.48. The van der Waals surface area contributed by atoms with E-state index in [0.717, 1.165) is 24.9 Å². The number of hydrogen-bond donors (Lipinski definition) is 1. The minimum absolute atomic E-state index is 0.124. The normalized spacial score (nSPS) is 16.3. The van der Waals surface area contributed by atoms with Crippen molar-refractivity contribution in [1.82, 2.24) is 4.90 Å². The standard InChI is InChI=1S/C14H19NO4/c1-2-19-13-8-11(10-16)7-12(14(13)17)9-15-3-5-18-6-4-15/h7-8,10,17H,2-6,9H2,1H3. The molecule has 0 radical (unpaired) electrons. The van der Waals surface area contributed by atoms with Crippen LogP contribution < -0.4 is 4.74 Å². The molecule has 1 aliphatic heterocycles. The second-order valence-corrected chi connectivity index (χ2v) is 4.47. The molecule has 1 N–H and O–H groups in total. The third-order valence-corrected chi connectivity index (χ3v) is 3.11. The fourth-order valence-electron chi connectivity index (χ4n) is 2.14. The number of ether oxygens (including phenoxy) is 2. The smallest absolute Gasteiger partial charge is 0.162 e. The minimum atomic E-state index is 0.124. The number of benzene rings is 1. The van der Waals surface area contributed by atoms with E-state index in [1.54, 1.807) is 12.1 Å². The Kier molecular flexibility index (Phi) is 4.76. The van der Waals surface area contributed by atoms with Crippen LogP contribution in [0.3, 0.4) is 0 Å². The van der Waals surface area contributed by atoms with Gasteiger partial charge in [0.15, 0.2) is 11.5 Å². The summed E-state index contributed by atoms with van der Waals surface area (Å²) in [4.78, 5) is 13.1. The largest absolute Gasteiger partial charge is 0.504 e. The van der Waals surface area contributed by atoms with Gasteiger partial charge in [0, 0.05) is 30.8 Å². The number of carbonyl (C=O) groups excluding carboxylic acids is 1. The molecular formula is C14H19NO4. The number of hydrogen-bond acceptors (Lipinski definition) is 5. The highest BCUT2D eigenvalue weighted by molar-refractivity contribution is 5.77. The van der Waals surface area contributed by atoms with E-state index in [0.29, 0.717) is 37.7 Å². The number of aromatic hydroxyl groups is 1. The molecule has 1 aromatic rings. The molecule has 0 unspecified atom stereocenters. The summed E-state index contributed by atoms with van der Waals surface area (Å²) >= 11 is 0. The van der Waals surface area contributed by atoms with Gasteiger partial charge in [-0.05, 0) is 19.1 Å². The number of rotatable bonds is 5. The summed E-state index contributed by atoms with van der Waals surface area (Å²) in [6.07, 6.45) is 0.769. The molecule has 1 aliphatic rings. The molecule has 0 aromatic heterocycles. The molecule has 0 bridgehead atoms. The van der Waals surface area contributed by atoms with E-state index >= 15 is 0 Å². The molecule has 1 saturated heterocycles. The third-order valence-electron chi connectivity index (χ3n) is 3.11. The lowest BCUT2D eigenvalue weighted by atomic mass is 10.1. The summed E-state index contributed by atoms with van der Waals surface area (Å²) in [6, 6.07) is 3.27. The molecule has 0 spiro atoms.